The number of carbonyl (C=O) groups is 1. The monoisotopic (exact) mass is 297 g/mol. The molecule has 0 saturated carbocycles. The predicted octanol–water partition coefficient (Wildman–Crippen LogP) is -2.57. The average molecular weight is 297 g/mol. The smallest absolute Gasteiger partial charge is 0.748 e. The number of nitro groups is 1. The molecule has 0 bridgehead atoms. The molecule has 10 heteroatoms. The number of nitrogens with zero attached hydrogens (tertiary/aromatic N) is 1. The van der Waals surface area contributed by atoms with Gasteiger partial charge in [-0.25, -0.2) is 13.2 Å². The molecule has 0 aliphatic rings. The van der Waals surface area contributed by atoms with Crippen molar-refractivity contribution in [3.8, 4) is 0 Å². The van der Waals surface area contributed by atoms with E-state index in [1.165, 1.54) is 0 Å². The fraction of sp³-hybridized carbons (Fsp3) is 0.222. The fourth-order valence-electron chi connectivity index (χ4n) is 1.31. The third kappa shape index (κ3) is 5.25. The molecule has 1 rings (SSSR count). The Balaban J connectivity index is 0.00000324. The number of carbonyl (C=O) groups excluding carboxylic acids is 1. The summed E-state index contributed by atoms with van der Waals surface area (Å²) in [5.41, 5.74) is -0.866. The Hall–Kier alpha value is -1.000. The van der Waals surface area contributed by atoms with Gasteiger partial charge in [0.1, 0.15) is 0 Å². The van der Waals surface area contributed by atoms with Crippen LogP contribution in [0.15, 0.2) is 18.2 Å². The molecule has 1 aromatic carbocycles. The molecule has 0 aliphatic heterocycles. The van der Waals surface area contributed by atoms with Crippen LogP contribution >= 0.6 is 0 Å². The Bertz CT molecular complexity index is 599. The van der Waals surface area contributed by atoms with Gasteiger partial charge in [0.15, 0.2) is 0 Å². The van der Waals surface area contributed by atoms with E-state index in [2.05, 4.69) is 4.74 Å². The minimum absolute atomic E-state index is 0. The topological polar surface area (TPSA) is 127 Å². The number of rotatable bonds is 4. The van der Waals surface area contributed by atoms with Crippen molar-refractivity contribution in [3.05, 3.63) is 39.4 Å². The van der Waals surface area contributed by atoms with Crippen LogP contribution in [-0.2, 0) is 20.6 Å². The molecule has 19 heavy (non-hydrogen) atoms. The molecule has 0 heterocycles. The van der Waals surface area contributed by atoms with Gasteiger partial charge in [-0.3, -0.25) is 10.1 Å². The molecule has 0 unspecified atom stereocenters. The number of benzene rings is 1. The molecule has 0 aromatic heterocycles. The summed E-state index contributed by atoms with van der Waals surface area (Å²) in [7, 11) is -3.60. The minimum atomic E-state index is -4.66. The van der Waals surface area contributed by atoms with E-state index in [0.29, 0.717) is 0 Å². The molecular formula is C9H8NNaO7S. The van der Waals surface area contributed by atoms with Gasteiger partial charge in [0.05, 0.1) is 33.5 Å². The first-order valence-corrected chi connectivity index (χ1v) is 6.11. The van der Waals surface area contributed by atoms with Gasteiger partial charge in [0, 0.05) is 12.1 Å². The van der Waals surface area contributed by atoms with Crippen molar-refractivity contribution in [2.75, 3.05) is 7.11 Å². The van der Waals surface area contributed by atoms with Crippen LogP contribution in [0, 0.1) is 10.1 Å². The minimum Gasteiger partial charge on any atom is -0.748 e. The van der Waals surface area contributed by atoms with Crippen LogP contribution in [-0.4, -0.2) is 31.0 Å². The summed E-state index contributed by atoms with van der Waals surface area (Å²) in [6, 6.07) is 2.93. The number of hydrogen-bond acceptors (Lipinski definition) is 7. The van der Waals surface area contributed by atoms with E-state index in [0.717, 1.165) is 25.3 Å². The summed E-state index contributed by atoms with van der Waals surface area (Å²) in [5.74, 6) is -1.89. The van der Waals surface area contributed by atoms with Crippen molar-refractivity contribution in [1.82, 2.24) is 0 Å². The number of nitro benzene ring substituents is 1. The van der Waals surface area contributed by atoms with Crippen LogP contribution in [0.2, 0.25) is 0 Å². The van der Waals surface area contributed by atoms with E-state index >= 15 is 0 Å². The Morgan fingerprint density at radius 1 is 1.42 bits per heavy atom. The number of ether oxygens (including phenoxy) is 1. The van der Waals surface area contributed by atoms with Gasteiger partial charge in [-0.15, -0.1) is 0 Å². The first-order chi connectivity index (χ1) is 8.24. The van der Waals surface area contributed by atoms with Crippen LogP contribution in [0.25, 0.3) is 0 Å². The van der Waals surface area contributed by atoms with E-state index in [1.54, 1.807) is 0 Å². The molecule has 0 amide bonds. The molecule has 0 radical (unpaired) electrons. The number of methoxy groups -OCH3 is 1. The first kappa shape index (κ1) is 18.0. The molecule has 0 saturated heterocycles. The van der Waals surface area contributed by atoms with Gasteiger partial charge < -0.3 is 9.29 Å². The number of non-ortho nitro benzene ring substituents is 1. The van der Waals surface area contributed by atoms with E-state index in [9.17, 15) is 27.9 Å². The number of hydrogen-bond donors (Lipinski definition) is 0. The van der Waals surface area contributed by atoms with Crippen LogP contribution in [0.5, 0.6) is 0 Å². The maximum atomic E-state index is 11.3. The molecule has 0 spiro atoms. The van der Waals surface area contributed by atoms with Gasteiger partial charge in [-0.1, -0.05) is 0 Å². The molecule has 0 aliphatic carbocycles. The molecule has 98 valence electrons. The molecule has 8 nitrogen and oxygen atoms in total. The van der Waals surface area contributed by atoms with Crippen molar-refractivity contribution in [2.45, 2.75) is 5.75 Å². The van der Waals surface area contributed by atoms with Crippen LogP contribution in [0.4, 0.5) is 5.69 Å². The average Bonchev–Trinajstić information content (AvgIpc) is 2.25. The van der Waals surface area contributed by atoms with Gasteiger partial charge >= 0.3 is 35.5 Å². The zero-order valence-electron chi connectivity index (χ0n) is 10.2. The molecule has 0 N–H and O–H groups in total. The summed E-state index contributed by atoms with van der Waals surface area (Å²) in [5, 5.41) is 10.5. The Morgan fingerprint density at radius 2 is 2.00 bits per heavy atom. The maximum absolute atomic E-state index is 11.3. The first-order valence-electron chi connectivity index (χ1n) is 4.54. The van der Waals surface area contributed by atoms with E-state index in [-0.39, 0.29) is 40.7 Å². The second kappa shape index (κ2) is 6.96. The van der Waals surface area contributed by atoms with E-state index in [4.69, 9.17) is 0 Å². The van der Waals surface area contributed by atoms with Crippen molar-refractivity contribution in [2.24, 2.45) is 0 Å². The standard InChI is InChI=1S/C9H9NO7S.Na/c1-17-9(11)8-3-2-7(10(12)13)4-6(8)5-18(14,15)16;/h2-4H,5H2,1H3,(H,14,15,16);/q;+1/p-1. The van der Waals surface area contributed by atoms with Gasteiger partial charge in [-0.2, -0.15) is 0 Å². The normalized spacial score (nSPS) is 10.4. The molecule has 1 aromatic rings. The van der Waals surface area contributed by atoms with E-state index < -0.39 is 32.5 Å². The quantitative estimate of drug-likeness (QED) is 0.196. The summed E-state index contributed by atoms with van der Waals surface area (Å²) < 4.78 is 36.4. The SMILES string of the molecule is COC(=O)c1ccc([N+](=O)[O-])cc1CS(=O)(=O)[O-].[Na+]. The zero-order valence-corrected chi connectivity index (χ0v) is 13.0. The van der Waals surface area contributed by atoms with Crippen molar-refractivity contribution >= 4 is 21.8 Å². The van der Waals surface area contributed by atoms with Crippen LogP contribution in [0.3, 0.4) is 0 Å². The Kier molecular flexibility index (Phi) is 6.60. The summed E-state index contributed by atoms with van der Waals surface area (Å²) in [6.07, 6.45) is 0. The fourth-order valence-corrected chi connectivity index (χ4v) is 1.93. The molecular weight excluding hydrogens is 289 g/mol. The molecule has 0 atom stereocenters. The zero-order chi connectivity index (χ0) is 13.9. The second-order valence-corrected chi connectivity index (χ2v) is 4.70. The number of esters is 1. The largest absolute Gasteiger partial charge is 1.00 e. The van der Waals surface area contributed by atoms with Crippen LogP contribution < -0.4 is 29.6 Å². The molecule has 0 fully saturated rings. The summed E-state index contributed by atoms with van der Waals surface area (Å²) >= 11 is 0. The van der Waals surface area contributed by atoms with Gasteiger partial charge in [0.25, 0.3) is 5.69 Å². The summed E-state index contributed by atoms with van der Waals surface area (Å²) in [4.78, 5) is 21.1. The van der Waals surface area contributed by atoms with Crippen LogP contribution in [0.1, 0.15) is 15.9 Å². The second-order valence-electron chi connectivity index (χ2n) is 3.29. The predicted molar refractivity (Wildman–Crippen MR) is 57.8 cm³/mol. The third-order valence-corrected chi connectivity index (χ3v) is 2.70. The van der Waals surface area contributed by atoms with Crippen molar-refractivity contribution in [3.63, 3.8) is 0 Å². The maximum Gasteiger partial charge on any atom is 1.00 e. The summed E-state index contributed by atoms with van der Waals surface area (Å²) in [6.45, 7) is 0. The van der Waals surface area contributed by atoms with Crippen molar-refractivity contribution in [1.29, 1.82) is 0 Å². The Morgan fingerprint density at radius 3 is 2.42 bits per heavy atom. The Labute approximate surface area is 130 Å². The van der Waals surface area contributed by atoms with Gasteiger partial charge in [-0.05, 0) is 11.6 Å². The van der Waals surface area contributed by atoms with Crippen molar-refractivity contribution < 1.29 is 57.0 Å². The van der Waals surface area contributed by atoms with Gasteiger partial charge in [0.2, 0.25) is 0 Å². The third-order valence-electron chi connectivity index (χ3n) is 2.04. The van der Waals surface area contributed by atoms with E-state index in [1.807, 2.05) is 0 Å².